The van der Waals surface area contributed by atoms with Crippen LogP contribution in [0.25, 0.3) is 0 Å². The molecule has 1 rings (SSSR count). The van der Waals surface area contributed by atoms with E-state index in [9.17, 15) is 0 Å². The van der Waals surface area contributed by atoms with Gasteiger partial charge in [0, 0.05) is 0 Å². The van der Waals surface area contributed by atoms with Crippen molar-refractivity contribution in [2.45, 2.75) is 60.4 Å². The molecule has 1 N–H and O–H groups in total. The first-order chi connectivity index (χ1) is 8.06. The summed E-state index contributed by atoms with van der Waals surface area (Å²) in [6, 6.07) is 0. The monoisotopic (exact) mass is 385 g/mol. The largest absolute Gasteiger partial charge is 1.00 e. The van der Waals surface area contributed by atoms with Crippen LogP contribution in [0, 0.1) is 5.92 Å². The quantitative estimate of drug-likeness (QED) is 0.581. The van der Waals surface area contributed by atoms with Gasteiger partial charge in [-0.2, -0.15) is 0 Å². The van der Waals surface area contributed by atoms with Crippen molar-refractivity contribution in [2.75, 3.05) is 0 Å². The van der Waals surface area contributed by atoms with Crippen LogP contribution in [0.1, 0.15) is 27.7 Å². The molecule has 116 valence electrons. The van der Waals surface area contributed by atoms with Gasteiger partial charge in [0.05, 0.1) is 0 Å². The van der Waals surface area contributed by atoms with Crippen LogP contribution in [0.15, 0.2) is 20.6 Å². The van der Waals surface area contributed by atoms with Gasteiger partial charge in [0.25, 0.3) is 0 Å². The van der Waals surface area contributed by atoms with Crippen molar-refractivity contribution in [2.24, 2.45) is 5.92 Å². The Morgan fingerprint density at radius 3 is 1.70 bits per heavy atom. The van der Waals surface area contributed by atoms with Gasteiger partial charge in [-0.05, 0) is 0 Å². The maximum absolute atomic E-state index is 4.17. The molecule has 1 unspecified atom stereocenters. The van der Waals surface area contributed by atoms with Crippen LogP contribution in [0.3, 0.4) is 0 Å². The van der Waals surface area contributed by atoms with Crippen LogP contribution < -0.4 is 28.3 Å². The molecule has 6 heteroatoms. The summed E-state index contributed by atoms with van der Waals surface area (Å²) in [5.74, 6) is 0.712. The van der Waals surface area contributed by atoms with Gasteiger partial charge in [0.15, 0.2) is 0 Å². The second-order valence-electron chi connectivity index (χ2n) is 6.82. The predicted octanol–water partition coefficient (Wildman–Crippen LogP) is -1.54. The molecule has 0 aromatic heterocycles. The van der Waals surface area contributed by atoms with Gasteiger partial charge in [-0.15, -0.1) is 0 Å². The molecule has 0 aromatic carbocycles. The maximum atomic E-state index is 4.17. The fraction of sp³-hybridized carbons (Fsp3) is 0.714. The second kappa shape index (κ2) is 8.71. The molecule has 0 saturated heterocycles. The summed E-state index contributed by atoms with van der Waals surface area (Å²) < 4.78 is 6.02. The average molecular weight is 386 g/mol. The number of nitrogens with one attached hydrogen (secondary N) is 1. The fourth-order valence-electron chi connectivity index (χ4n) is 2.60. The van der Waals surface area contributed by atoms with Gasteiger partial charge in [0.2, 0.25) is 0 Å². The summed E-state index contributed by atoms with van der Waals surface area (Å²) in [7, 11) is -1.16. The molecule has 0 aliphatic heterocycles. The van der Waals surface area contributed by atoms with Crippen molar-refractivity contribution >= 4 is 14.4 Å². The molecule has 0 heterocycles. The third-order valence-corrected chi connectivity index (χ3v) is 20.0. The van der Waals surface area contributed by atoms with Crippen molar-refractivity contribution in [1.82, 2.24) is 3.46 Å². The standard InChI is InChI=1S/C9H13.C3H10NSi.C2H6Si.2ClH.Ti/c1-6-5-7(2)9(4)8(6)3;1-5(2,3)4;1-3-2;;;/h6H,1-4H3;4H,1-3H3;1-2H3;2*1H;/q;-1;;;;+3/p-2. The van der Waals surface area contributed by atoms with Crippen LogP contribution >= 0.6 is 0 Å². The van der Waals surface area contributed by atoms with Gasteiger partial charge < -0.3 is 24.8 Å². The van der Waals surface area contributed by atoms with Crippen molar-refractivity contribution in [3.05, 3.63) is 20.6 Å². The van der Waals surface area contributed by atoms with E-state index < -0.39 is 25.1 Å². The Hall–Kier alpha value is 1.17. The molecule has 0 bridgehead atoms. The van der Waals surface area contributed by atoms with E-state index in [-0.39, 0.29) is 31.0 Å². The SMILES string of the molecule is CC1=C(C)C(C)[C]([Ti+2]([NH][Si](C)(C)C)=[Si](C)C)=C1C.[Cl-].[Cl-]. The van der Waals surface area contributed by atoms with Crippen LogP contribution in [0.4, 0.5) is 0 Å². The van der Waals surface area contributed by atoms with Crippen LogP contribution in [0.2, 0.25) is 32.7 Å². The zero-order chi connectivity index (χ0) is 14.2. The number of hydrogen-bond donors (Lipinski definition) is 1. The summed E-state index contributed by atoms with van der Waals surface area (Å²) in [4.78, 5) is 0. The maximum Gasteiger partial charge on any atom is -1.00 e. The van der Waals surface area contributed by atoms with E-state index in [2.05, 4.69) is 63.9 Å². The smallest absolute Gasteiger partial charge is 1.00 e. The van der Waals surface area contributed by atoms with Crippen LogP contribution in [0.5, 0.6) is 0 Å². The molecule has 1 aliphatic carbocycles. The minimum Gasteiger partial charge on any atom is -1.00 e. The summed E-state index contributed by atoms with van der Waals surface area (Å²) >= 11 is -1.24. The van der Waals surface area contributed by atoms with Gasteiger partial charge in [-0.1, -0.05) is 0 Å². The topological polar surface area (TPSA) is 12.0 Å². The van der Waals surface area contributed by atoms with Crippen molar-refractivity contribution < 1.29 is 41.7 Å². The third-order valence-electron chi connectivity index (χ3n) is 3.91. The van der Waals surface area contributed by atoms with E-state index in [1.165, 1.54) is 0 Å². The Morgan fingerprint density at radius 2 is 1.45 bits per heavy atom. The first kappa shape index (κ1) is 23.4. The van der Waals surface area contributed by atoms with E-state index in [1.807, 2.05) is 3.88 Å². The Morgan fingerprint density at radius 1 is 1.00 bits per heavy atom. The molecule has 1 aliphatic rings. The molecule has 0 radical (unpaired) electrons. The van der Waals surface area contributed by atoms with Crippen molar-refractivity contribution in [3.8, 4) is 0 Å². The van der Waals surface area contributed by atoms with Crippen molar-refractivity contribution in [1.29, 1.82) is 0 Å². The first-order valence-corrected chi connectivity index (χ1v) is 16.8. The third kappa shape index (κ3) is 5.42. The molecule has 0 spiro atoms. The zero-order valence-electron chi connectivity index (χ0n) is 14.3. The molecule has 1 atom stereocenters. The van der Waals surface area contributed by atoms with E-state index in [0.29, 0.717) is 5.92 Å². The number of allylic oxidation sites excluding steroid dienone is 4. The molecule has 0 fully saturated rings. The Balaban J connectivity index is 0. The summed E-state index contributed by atoms with van der Waals surface area (Å²) in [5, 5.41) is 0. The molecule has 0 amide bonds. The molecular weight excluding hydrogens is 357 g/mol. The van der Waals surface area contributed by atoms with Gasteiger partial charge >= 0.3 is 122 Å². The van der Waals surface area contributed by atoms with E-state index in [1.54, 1.807) is 16.7 Å². The van der Waals surface area contributed by atoms with Gasteiger partial charge in [0.1, 0.15) is 0 Å². The molecule has 20 heavy (non-hydrogen) atoms. The fourth-order valence-corrected chi connectivity index (χ4v) is 23.4. The summed E-state index contributed by atoms with van der Waals surface area (Å²) in [6.07, 6.45) is -0.195. The van der Waals surface area contributed by atoms with Crippen molar-refractivity contribution in [3.63, 3.8) is 0 Å². The Kier molecular flexibility index (Phi) is 10.2. The normalized spacial score (nSPS) is 18.3. The number of hydrogen-bond acceptors (Lipinski definition) is 1. The van der Waals surface area contributed by atoms with Gasteiger partial charge in [-0.3, -0.25) is 0 Å². The molecular formula is C14H29Cl2NSi2Ti. The molecule has 0 saturated carbocycles. The van der Waals surface area contributed by atoms with Crippen LogP contribution in [-0.4, -0.2) is 14.4 Å². The summed E-state index contributed by atoms with van der Waals surface area (Å²) in [6.45, 7) is 21.8. The predicted molar refractivity (Wildman–Crippen MR) is 84.2 cm³/mol. The number of halogens is 2. The first-order valence-electron chi connectivity index (χ1n) is 6.90. The van der Waals surface area contributed by atoms with E-state index in [0.717, 1.165) is 0 Å². The average Bonchev–Trinajstić information content (AvgIpc) is 2.39. The second-order valence-corrected chi connectivity index (χ2v) is 23.5. The Labute approximate surface area is 145 Å². The molecule has 1 nitrogen and oxygen atoms in total. The summed E-state index contributed by atoms with van der Waals surface area (Å²) in [5.41, 5.74) is 4.82. The van der Waals surface area contributed by atoms with Gasteiger partial charge in [-0.25, -0.2) is 0 Å². The molecule has 0 aromatic rings. The van der Waals surface area contributed by atoms with E-state index >= 15 is 0 Å². The number of rotatable bonds is 3. The Bertz CT molecular complexity index is 458. The minimum atomic E-state index is -1.24. The minimum absolute atomic E-state index is 0. The van der Waals surface area contributed by atoms with Crippen LogP contribution in [-0.2, 0) is 16.9 Å². The van der Waals surface area contributed by atoms with E-state index in [4.69, 9.17) is 0 Å². The zero-order valence-corrected chi connectivity index (χ0v) is 19.4.